The van der Waals surface area contributed by atoms with E-state index in [0.717, 1.165) is 24.3 Å². The van der Waals surface area contributed by atoms with Crippen LogP contribution in [0.25, 0.3) is 11.0 Å². The standard InChI is InChI=1S/C16H25N3/c1-3-5-6-7-10-19-15-9-8-13(4-2)11-14(15)18-16(19)12-17/h8-9,11H,3-7,10,12,17H2,1-2H3. The second kappa shape index (κ2) is 6.71. The zero-order valence-electron chi connectivity index (χ0n) is 12.2. The van der Waals surface area contributed by atoms with E-state index in [1.165, 1.54) is 36.8 Å². The van der Waals surface area contributed by atoms with Gasteiger partial charge in [-0.15, -0.1) is 0 Å². The Balaban J connectivity index is 2.24. The van der Waals surface area contributed by atoms with E-state index >= 15 is 0 Å². The monoisotopic (exact) mass is 259 g/mol. The highest BCUT2D eigenvalue weighted by molar-refractivity contribution is 5.77. The molecule has 0 aliphatic heterocycles. The van der Waals surface area contributed by atoms with Crippen molar-refractivity contribution in [3.8, 4) is 0 Å². The molecule has 0 unspecified atom stereocenters. The molecular weight excluding hydrogens is 234 g/mol. The largest absolute Gasteiger partial charge is 0.327 e. The minimum atomic E-state index is 0.518. The lowest BCUT2D eigenvalue weighted by Crippen LogP contribution is -2.08. The van der Waals surface area contributed by atoms with Crippen molar-refractivity contribution < 1.29 is 0 Å². The number of imidazole rings is 1. The molecule has 3 heteroatoms. The average molecular weight is 259 g/mol. The van der Waals surface area contributed by atoms with E-state index in [2.05, 4.69) is 41.6 Å². The molecule has 0 aliphatic carbocycles. The van der Waals surface area contributed by atoms with Crippen molar-refractivity contribution in [2.45, 2.75) is 59.0 Å². The van der Waals surface area contributed by atoms with Gasteiger partial charge in [0.05, 0.1) is 17.6 Å². The van der Waals surface area contributed by atoms with Crippen molar-refractivity contribution in [1.82, 2.24) is 9.55 Å². The summed E-state index contributed by atoms with van der Waals surface area (Å²) in [7, 11) is 0. The van der Waals surface area contributed by atoms with Crippen molar-refractivity contribution in [2.24, 2.45) is 5.73 Å². The molecule has 104 valence electrons. The van der Waals surface area contributed by atoms with E-state index < -0.39 is 0 Å². The van der Waals surface area contributed by atoms with Crippen molar-refractivity contribution >= 4 is 11.0 Å². The minimum Gasteiger partial charge on any atom is -0.327 e. The Labute approximate surface area is 115 Å². The zero-order valence-corrected chi connectivity index (χ0v) is 12.2. The first kappa shape index (κ1) is 14.1. The van der Waals surface area contributed by atoms with Crippen LogP contribution < -0.4 is 5.73 Å². The summed E-state index contributed by atoms with van der Waals surface area (Å²) >= 11 is 0. The summed E-state index contributed by atoms with van der Waals surface area (Å²) in [5.41, 5.74) is 9.50. The van der Waals surface area contributed by atoms with Crippen molar-refractivity contribution in [3.05, 3.63) is 29.6 Å². The van der Waals surface area contributed by atoms with Crippen LogP contribution >= 0.6 is 0 Å². The third-order valence-electron chi connectivity index (χ3n) is 3.72. The predicted octanol–water partition coefficient (Wildman–Crippen LogP) is 3.64. The Morgan fingerprint density at radius 2 is 2.00 bits per heavy atom. The number of fused-ring (bicyclic) bond motifs is 1. The van der Waals surface area contributed by atoms with Crippen LogP contribution in [0.1, 0.15) is 50.9 Å². The van der Waals surface area contributed by atoms with Crippen molar-refractivity contribution in [3.63, 3.8) is 0 Å². The number of benzene rings is 1. The van der Waals surface area contributed by atoms with Gasteiger partial charge in [0, 0.05) is 6.54 Å². The highest BCUT2D eigenvalue weighted by atomic mass is 15.1. The maximum absolute atomic E-state index is 5.83. The van der Waals surface area contributed by atoms with Gasteiger partial charge in [-0.1, -0.05) is 39.2 Å². The lowest BCUT2D eigenvalue weighted by molar-refractivity contribution is 0.575. The summed E-state index contributed by atoms with van der Waals surface area (Å²) in [4.78, 5) is 4.68. The van der Waals surface area contributed by atoms with Gasteiger partial charge in [0.2, 0.25) is 0 Å². The lowest BCUT2D eigenvalue weighted by Gasteiger charge is -2.08. The summed E-state index contributed by atoms with van der Waals surface area (Å²) in [6.45, 7) is 5.97. The van der Waals surface area contributed by atoms with Crippen LogP contribution in [-0.2, 0) is 19.5 Å². The van der Waals surface area contributed by atoms with E-state index in [4.69, 9.17) is 5.73 Å². The highest BCUT2D eigenvalue weighted by Gasteiger charge is 2.09. The van der Waals surface area contributed by atoms with Crippen LogP contribution in [0, 0.1) is 0 Å². The van der Waals surface area contributed by atoms with Gasteiger partial charge in [0.15, 0.2) is 0 Å². The zero-order chi connectivity index (χ0) is 13.7. The smallest absolute Gasteiger partial charge is 0.123 e. The topological polar surface area (TPSA) is 43.8 Å². The molecule has 2 rings (SSSR count). The number of nitrogens with two attached hydrogens (primary N) is 1. The Hall–Kier alpha value is -1.35. The molecule has 1 heterocycles. The molecule has 0 atom stereocenters. The molecule has 0 bridgehead atoms. The number of hydrogen-bond donors (Lipinski definition) is 1. The number of aromatic nitrogens is 2. The SMILES string of the molecule is CCCCCCn1c(CN)nc2cc(CC)ccc21. The number of rotatable bonds is 7. The molecule has 3 nitrogen and oxygen atoms in total. The average Bonchev–Trinajstić information content (AvgIpc) is 2.80. The third-order valence-corrected chi connectivity index (χ3v) is 3.72. The fourth-order valence-corrected chi connectivity index (χ4v) is 2.55. The van der Waals surface area contributed by atoms with Crippen molar-refractivity contribution in [2.75, 3.05) is 0 Å². The summed E-state index contributed by atoms with van der Waals surface area (Å²) in [6, 6.07) is 6.59. The molecule has 19 heavy (non-hydrogen) atoms. The van der Waals surface area contributed by atoms with Gasteiger partial charge in [-0.3, -0.25) is 0 Å². The van der Waals surface area contributed by atoms with Gasteiger partial charge < -0.3 is 10.3 Å². The molecule has 0 saturated heterocycles. The second-order valence-corrected chi connectivity index (χ2v) is 5.12. The quantitative estimate of drug-likeness (QED) is 0.771. The molecular formula is C16H25N3. The second-order valence-electron chi connectivity index (χ2n) is 5.12. The van der Waals surface area contributed by atoms with Crippen LogP contribution in [-0.4, -0.2) is 9.55 Å². The fraction of sp³-hybridized carbons (Fsp3) is 0.562. The van der Waals surface area contributed by atoms with E-state index in [-0.39, 0.29) is 0 Å². The van der Waals surface area contributed by atoms with Gasteiger partial charge in [-0.25, -0.2) is 4.98 Å². The van der Waals surface area contributed by atoms with Crippen LogP contribution in [0.4, 0.5) is 0 Å². The number of aryl methyl sites for hydroxylation is 2. The maximum atomic E-state index is 5.83. The molecule has 0 amide bonds. The predicted molar refractivity (Wildman–Crippen MR) is 81.1 cm³/mol. The minimum absolute atomic E-state index is 0.518. The lowest BCUT2D eigenvalue weighted by atomic mass is 10.1. The Morgan fingerprint density at radius 3 is 2.68 bits per heavy atom. The van der Waals surface area contributed by atoms with Gasteiger partial charge in [0.1, 0.15) is 5.82 Å². The van der Waals surface area contributed by atoms with E-state index in [1.54, 1.807) is 0 Å². The van der Waals surface area contributed by atoms with E-state index in [0.29, 0.717) is 6.54 Å². The van der Waals surface area contributed by atoms with Crippen LogP contribution in [0.3, 0.4) is 0 Å². The molecule has 0 radical (unpaired) electrons. The van der Waals surface area contributed by atoms with Gasteiger partial charge in [0.25, 0.3) is 0 Å². The Kier molecular flexibility index (Phi) is 4.97. The molecule has 0 spiro atoms. The van der Waals surface area contributed by atoms with Crippen LogP contribution in [0.2, 0.25) is 0 Å². The first-order chi connectivity index (χ1) is 9.30. The number of nitrogens with zero attached hydrogens (tertiary/aromatic N) is 2. The maximum Gasteiger partial charge on any atom is 0.123 e. The molecule has 1 aromatic carbocycles. The number of unbranched alkanes of at least 4 members (excludes halogenated alkanes) is 3. The van der Waals surface area contributed by atoms with Crippen LogP contribution in [0.15, 0.2) is 18.2 Å². The highest BCUT2D eigenvalue weighted by Crippen LogP contribution is 2.19. The molecule has 2 N–H and O–H groups in total. The fourth-order valence-electron chi connectivity index (χ4n) is 2.55. The Bertz CT molecular complexity index is 528. The molecule has 2 aromatic rings. The van der Waals surface area contributed by atoms with Crippen molar-refractivity contribution in [1.29, 1.82) is 0 Å². The van der Waals surface area contributed by atoms with Gasteiger partial charge >= 0.3 is 0 Å². The summed E-state index contributed by atoms with van der Waals surface area (Å²) < 4.78 is 2.30. The molecule has 0 fully saturated rings. The van der Waals surface area contributed by atoms with Gasteiger partial charge in [-0.2, -0.15) is 0 Å². The van der Waals surface area contributed by atoms with Gasteiger partial charge in [-0.05, 0) is 30.5 Å². The normalized spacial score (nSPS) is 11.3. The summed E-state index contributed by atoms with van der Waals surface area (Å²) in [5.74, 6) is 1.01. The summed E-state index contributed by atoms with van der Waals surface area (Å²) in [6.07, 6.45) is 6.13. The first-order valence-electron chi connectivity index (χ1n) is 7.48. The number of hydrogen-bond acceptors (Lipinski definition) is 2. The van der Waals surface area contributed by atoms with E-state index in [1.807, 2.05) is 0 Å². The summed E-state index contributed by atoms with van der Waals surface area (Å²) in [5, 5.41) is 0. The third kappa shape index (κ3) is 3.16. The molecule has 0 saturated carbocycles. The first-order valence-corrected chi connectivity index (χ1v) is 7.48. The van der Waals surface area contributed by atoms with E-state index in [9.17, 15) is 0 Å². The molecule has 1 aromatic heterocycles. The molecule has 0 aliphatic rings. The Morgan fingerprint density at radius 1 is 1.16 bits per heavy atom. The van der Waals surface area contributed by atoms with Crippen LogP contribution in [0.5, 0.6) is 0 Å².